The smallest absolute Gasteiger partial charge is 0.227 e. The number of aryl methyl sites for hydroxylation is 1. The first-order valence-electron chi connectivity index (χ1n) is 9.26. The van der Waals surface area contributed by atoms with Crippen molar-refractivity contribution in [3.63, 3.8) is 0 Å². The number of pyridine rings is 1. The molecule has 1 aliphatic rings. The van der Waals surface area contributed by atoms with Crippen LogP contribution in [0.25, 0.3) is 0 Å². The topological polar surface area (TPSA) is 71.1 Å². The van der Waals surface area contributed by atoms with Gasteiger partial charge in [0.1, 0.15) is 0 Å². The first-order valence-corrected chi connectivity index (χ1v) is 9.64. The highest BCUT2D eigenvalue weighted by Gasteiger charge is 2.30. The molecule has 5 nitrogen and oxygen atoms in total. The van der Waals surface area contributed by atoms with Gasteiger partial charge in [0.15, 0.2) is 0 Å². The second kappa shape index (κ2) is 9.00. The summed E-state index contributed by atoms with van der Waals surface area (Å²) in [6.07, 6.45) is 6.36. The molecule has 1 aromatic carbocycles. The number of anilines is 1. The Morgan fingerprint density at radius 1 is 1.04 bits per heavy atom. The predicted octanol–water partition coefficient (Wildman–Crippen LogP) is 4.10. The lowest BCUT2D eigenvalue weighted by atomic mass is 9.81. The summed E-state index contributed by atoms with van der Waals surface area (Å²) in [6.45, 7) is 2.43. The summed E-state index contributed by atoms with van der Waals surface area (Å²) < 4.78 is 0. The lowest BCUT2D eigenvalue weighted by Crippen LogP contribution is -2.35. The summed E-state index contributed by atoms with van der Waals surface area (Å²) in [5, 5.41) is 6.64. The molecule has 1 heterocycles. The summed E-state index contributed by atoms with van der Waals surface area (Å²) in [6, 6.07) is 9.21. The van der Waals surface area contributed by atoms with E-state index in [0.29, 0.717) is 11.6 Å². The minimum atomic E-state index is -0.0516. The molecule has 1 fully saturated rings. The van der Waals surface area contributed by atoms with Crippen molar-refractivity contribution in [2.24, 2.45) is 11.8 Å². The van der Waals surface area contributed by atoms with Crippen LogP contribution in [0.3, 0.4) is 0 Å². The highest BCUT2D eigenvalue weighted by molar-refractivity contribution is 6.30. The van der Waals surface area contributed by atoms with Gasteiger partial charge in [0.05, 0.1) is 0 Å². The molecule has 0 bridgehead atoms. The lowest BCUT2D eigenvalue weighted by molar-refractivity contribution is -0.128. The Kier molecular flexibility index (Phi) is 6.45. The molecule has 0 atom stereocenters. The number of nitrogens with zero attached hydrogens (tertiary/aromatic N) is 1. The number of rotatable bonds is 5. The van der Waals surface area contributed by atoms with E-state index in [2.05, 4.69) is 15.6 Å². The van der Waals surface area contributed by atoms with Crippen LogP contribution in [0, 0.1) is 18.8 Å². The first-order chi connectivity index (χ1) is 13.0. The Balaban J connectivity index is 1.46. The second-order valence-electron chi connectivity index (χ2n) is 7.07. The summed E-state index contributed by atoms with van der Waals surface area (Å²) in [5.74, 6) is 0.0211. The maximum atomic E-state index is 12.5. The molecular weight excluding hydrogens is 362 g/mol. The highest BCUT2D eigenvalue weighted by Crippen LogP contribution is 2.30. The Labute approximate surface area is 164 Å². The molecule has 1 aromatic heterocycles. The van der Waals surface area contributed by atoms with Crippen molar-refractivity contribution in [3.05, 3.63) is 58.9 Å². The molecule has 1 saturated carbocycles. The van der Waals surface area contributed by atoms with Gasteiger partial charge >= 0.3 is 0 Å². The normalized spacial score (nSPS) is 19.3. The molecule has 142 valence electrons. The zero-order chi connectivity index (χ0) is 19.2. The lowest BCUT2D eigenvalue weighted by Gasteiger charge is -2.27. The van der Waals surface area contributed by atoms with Crippen molar-refractivity contribution in [2.75, 3.05) is 5.32 Å². The van der Waals surface area contributed by atoms with E-state index in [1.807, 2.05) is 31.2 Å². The molecule has 0 unspecified atom stereocenters. The first kappa shape index (κ1) is 19.4. The zero-order valence-electron chi connectivity index (χ0n) is 15.4. The van der Waals surface area contributed by atoms with E-state index in [1.165, 1.54) is 0 Å². The monoisotopic (exact) mass is 385 g/mol. The quantitative estimate of drug-likeness (QED) is 0.813. The van der Waals surface area contributed by atoms with E-state index < -0.39 is 0 Å². The zero-order valence-corrected chi connectivity index (χ0v) is 16.1. The van der Waals surface area contributed by atoms with E-state index in [1.54, 1.807) is 18.5 Å². The number of aromatic nitrogens is 1. The molecule has 2 N–H and O–H groups in total. The van der Waals surface area contributed by atoms with E-state index in [0.717, 1.165) is 42.5 Å². The van der Waals surface area contributed by atoms with Crippen molar-refractivity contribution in [3.8, 4) is 0 Å². The fourth-order valence-electron chi connectivity index (χ4n) is 3.45. The number of nitrogens with one attached hydrogen (secondary N) is 2. The SMILES string of the molecule is Cc1cc(Cl)ccc1NC(=O)C1CCC(C(=O)NCc2ccncc2)CC1. The maximum absolute atomic E-state index is 12.5. The van der Waals surface area contributed by atoms with Gasteiger partial charge in [-0.05, 0) is 74.1 Å². The molecule has 0 radical (unpaired) electrons. The molecule has 1 aliphatic carbocycles. The van der Waals surface area contributed by atoms with Gasteiger partial charge < -0.3 is 10.6 Å². The van der Waals surface area contributed by atoms with Crippen LogP contribution in [-0.4, -0.2) is 16.8 Å². The van der Waals surface area contributed by atoms with Crippen LogP contribution in [-0.2, 0) is 16.1 Å². The largest absolute Gasteiger partial charge is 0.352 e. The van der Waals surface area contributed by atoms with Gasteiger partial charge in [-0.3, -0.25) is 14.6 Å². The molecular formula is C21H24ClN3O2. The van der Waals surface area contributed by atoms with Crippen LogP contribution in [0.1, 0.15) is 36.8 Å². The van der Waals surface area contributed by atoms with Crippen LogP contribution in [0.15, 0.2) is 42.7 Å². The fraction of sp³-hybridized carbons (Fsp3) is 0.381. The summed E-state index contributed by atoms with van der Waals surface area (Å²) in [5.41, 5.74) is 2.77. The molecule has 6 heteroatoms. The molecule has 0 spiro atoms. The number of hydrogen-bond donors (Lipinski definition) is 2. The standard InChI is InChI=1S/C21H24ClN3O2/c1-14-12-18(22)6-7-19(14)25-21(27)17-4-2-16(3-5-17)20(26)24-13-15-8-10-23-11-9-15/h6-12,16-17H,2-5,13H2,1H3,(H,24,26)(H,25,27). The van der Waals surface area contributed by atoms with Gasteiger partial charge in [-0.2, -0.15) is 0 Å². The van der Waals surface area contributed by atoms with Gasteiger partial charge in [0.25, 0.3) is 0 Å². The third kappa shape index (κ3) is 5.30. The van der Waals surface area contributed by atoms with Crippen molar-refractivity contribution in [2.45, 2.75) is 39.2 Å². The van der Waals surface area contributed by atoms with Crippen molar-refractivity contribution < 1.29 is 9.59 Å². The predicted molar refractivity (Wildman–Crippen MR) is 106 cm³/mol. The fourth-order valence-corrected chi connectivity index (χ4v) is 3.68. The number of carbonyl (C=O) groups is 2. The van der Waals surface area contributed by atoms with Crippen LogP contribution in [0.5, 0.6) is 0 Å². The Morgan fingerprint density at radius 3 is 2.30 bits per heavy atom. The van der Waals surface area contributed by atoms with Crippen molar-refractivity contribution >= 4 is 29.1 Å². The van der Waals surface area contributed by atoms with Gasteiger partial charge in [-0.25, -0.2) is 0 Å². The van der Waals surface area contributed by atoms with E-state index in [9.17, 15) is 9.59 Å². The number of benzene rings is 1. The van der Waals surface area contributed by atoms with Gasteiger partial charge in [-0.1, -0.05) is 11.6 Å². The van der Waals surface area contributed by atoms with Crippen LogP contribution in [0.4, 0.5) is 5.69 Å². The molecule has 3 rings (SSSR count). The minimum Gasteiger partial charge on any atom is -0.352 e. The summed E-state index contributed by atoms with van der Waals surface area (Å²) in [7, 11) is 0. The third-order valence-electron chi connectivity index (χ3n) is 5.13. The second-order valence-corrected chi connectivity index (χ2v) is 7.51. The van der Waals surface area contributed by atoms with Gasteiger partial charge in [-0.15, -0.1) is 0 Å². The van der Waals surface area contributed by atoms with Gasteiger partial charge in [0.2, 0.25) is 11.8 Å². The average molecular weight is 386 g/mol. The van der Waals surface area contributed by atoms with Crippen LogP contribution >= 0.6 is 11.6 Å². The molecule has 0 aliphatic heterocycles. The van der Waals surface area contributed by atoms with Crippen LogP contribution < -0.4 is 10.6 Å². The molecule has 2 aromatic rings. The highest BCUT2D eigenvalue weighted by atomic mass is 35.5. The molecule has 0 saturated heterocycles. The average Bonchev–Trinajstić information content (AvgIpc) is 2.69. The molecule has 27 heavy (non-hydrogen) atoms. The Hall–Kier alpha value is -2.40. The van der Waals surface area contributed by atoms with Crippen LogP contribution in [0.2, 0.25) is 5.02 Å². The number of hydrogen-bond acceptors (Lipinski definition) is 3. The third-order valence-corrected chi connectivity index (χ3v) is 5.37. The van der Waals surface area contributed by atoms with E-state index in [-0.39, 0.29) is 23.7 Å². The Morgan fingerprint density at radius 2 is 1.67 bits per heavy atom. The van der Waals surface area contributed by atoms with E-state index in [4.69, 9.17) is 11.6 Å². The number of amides is 2. The van der Waals surface area contributed by atoms with Gasteiger partial charge in [0, 0.05) is 41.5 Å². The summed E-state index contributed by atoms with van der Waals surface area (Å²) in [4.78, 5) is 28.9. The van der Waals surface area contributed by atoms with Crippen molar-refractivity contribution in [1.82, 2.24) is 10.3 Å². The maximum Gasteiger partial charge on any atom is 0.227 e. The van der Waals surface area contributed by atoms with Crippen molar-refractivity contribution in [1.29, 1.82) is 0 Å². The van der Waals surface area contributed by atoms with E-state index >= 15 is 0 Å². The minimum absolute atomic E-state index is 0.0202. The molecule has 2 amide bonds. The number of halogens is 1. The number of carbonyl (C=O) groups excluding carboxylic acids is 2. The Bertz CT molecular complexity index is 802. The summed E-state index contributed by atoms with van der Waals surface area (Å²) >= 11 is 5.96.